The van der Waals surface area contributed by atoms with Crippen LogP contribution >= 0.6 is 12.6 Å². The first kappa shape index (κ1) is 29.2. The van der Waals surface area contributed by atoms with Crippen molar-refractivity contribution in [2.75, 3.05) is 21.2 Å². The van der Waals surface area contributed by atoms with Gasteiger partial charge in [-0.15, -0.1) is 0 Å². The molecule has 33 heavy (non-hydrogen) atoms. The summed E-state index contributed by atoms with van der Waals surface area (Å²) in [5, 5.41) is 1.36. The Morgan fingerprint density at radius 1 is 1.12 bits per heavy atom. The second-order valence-corrected chi connectivity index (χ2v) is 10.8. The highest BCUT2D eigenvalue weighted by Gasteiger charge is 2.42. The summed E-state index contributed by atoms with van der Waals surface area (Å²) in [6.07, 6.45) is 3.49. The fourth-order valence-electron chi connectivity index (χ4n) is 4.02. The molecule has 0 aromatic carbocycles. The molecule has 0 aliphatic rings. The lowest BCUT2D eigenvalue weighted by molar-refractivity contribution is -0.154. The van der Waals surface area contributed by atoms with Crippen LogP contribution in [0.2, 0.25) is 0 Å². The van der Waals surface area contributed by atoms with Crippen molar-refractivity contribution in [3.05, 3.63) is 24.5 Å². The van der Waals surface area contributed by atoms with E-state index in [2.05, 4.69) is 18.1 Å². The quantitative estimate of drug-likeness (QED) is 0.374. The van der Waals surface area contributed by atoms with Gasteiger partial charge in [0.25, 0.3) is 11.8 Å². The van der Waals surface area contributed by atoms with Crippen LogP contribution in [0.1, 0.15) is 59.2 Å². The number of carbonyl (C=O) groups excluding carboxylic acids is 3. The van der Waals surface area contributed by atoms with E-state index in [0.29, 0.717) is 0 Å². The number of rotatable bonds is 11. The molecular weight excluding hydrogens is 440 g/mol. The molecule has 0 saturated heterocycles. The summed E-state index contributed by atoms with van der Waals surface area (Å²) in [4.78, 5) is 41.5. The van der Waals surface area contributed by atoms with Crippen molar-refractivity contribution in [2.24, 2.45) is 11.8 Å². The number of hydrazine groups is 1. The van der Waals surface area contributed by atoms with Gasteiger partial charge in [-0.2, -0.15) is 12.6 Å². The number of aromatic nitrogens is 1. The third kappa shape index (κ3) is 7.86. The van der Waals surface area contributed by atoms with E-state index in [1.54, 1.807) is 38.4 Å². The van der Waals surface area contributed by atoms with Gasteiger partial charge in [-0.1, -0.05) is 34.1 Å². The third-order valence-corrected chi connectivity index (χ3v) is 6.10. The maximum Gasteiger partial charge on any atom is 0.256 e. The van der Waals surface area contributed by atoms with E-state index in [1.807, 2.05) is 46.7 Å². The van der Waals surface area contributed by atoms with Crippen molar-refractivity contribution < 1.29 is 19.1 Å². The second kappa shape index (κ2) is 12.6. The molecule has 0 aliphatic heterocycles. The molecular formula is C24H42N4O4S. The second-order valence-electron chi connectivity index (χ2n) is 9.70. The van der Waals surface area contributed by atoms with Crippen LogP contribution in [0.3, 0.4) is 0 Å². The predicted octanol–water partition coefficient (Wildman–Crippen LogP) is 3.10. The molecule has 1 rings (SSSR count). The molecule has 0 fully saturated rings. The van der Waals surface area contributed by atoms with Crippen molar-refractivity contribution in [1.29, 1.82) is 0 Å². The molecule has 2 amide bonds. The van der Waals surface area contributed by atoms with Crippen LogP contribution in [0.4, 0.5) is 0 Å². The maximum absolute atomic E-state index is 13.5. The molecule has 8 nitrogen and oxygen atoms in total. The van der Waals surface area contributed by atoms with E-state index in [9.17, 15) is 14.4 Å². The Hall–Kier alpha value is -1.84. The van der Waals surface area contributed by atoms with Gasteiger partial charge in [-0.05, 0) is 51.9 Å². The Morgan fingerprint density at radius 3 is 2.06 bits per heavy atom. The topological polar surface area (TPSA) is 83.9 Å². The molecule has 9 heteroatoms. The van der Waals surface area contributed by atoms with Crippen LogP contribution in [0.5, 0.6) is 0 Å². The molecule has 0 radical (unpaired) electrons. The number of methoxy groups -OCH3 is 1. The highest BCUT2D eigenvalue weighted by molar-refractivity contribution is 7.82. The van der Waals surface area contributed by atoms with Gasteiger partial charge in [0, 0.05) is 19.5 Å². The number of nitrogens with zero attached hydrogens (tertiary/aromatic N) is 3. The molecule has 0 spiro atoms. The van der Waals surface area contributed by atoms with Gasteiger partial charge in [0.2, 0.25) is 5.91 Å². The van der Waals surface area contributed by atoms with E-state index in [0.717, 1.165) is 6.42 Å². The number of likely N-dealkylation sites (N-methyl/N-ethyl adjacent to an activating group) is 1. The van der Waals surface area contributed by atoms with Crippen LogP contribution < -0.4 is 5.43 Å². The van der Waals surface area contributed by atoms with Gasteiger partial charge in [-0.25, -0.2) is 5.01 Å². The zero-order valence-electron chi connectivity index (χ0n) is 21.5. The average Bonchev–Trinajstić information content (AvgIpc) is 3.25. The van der Waals surface area contributed by atoms with E-state index in [4.69, 9.17) is 4.74 Å². The lowest BCUT2D eigenvalue weighted by Gasteiger charge is -2.42. The minimum absolute atomic E-state index is 0.0246. The molecule has 0 unspecified atom stereocenters. The molecule has 0 aliphatic carbocycles. The molecule has 1 N–H and O–H groups in total. The Balaban J connectivity index is 3.43. The van der Waals surface area contributed by atoms with E-state index >= 15 is 0 Å². The van der Waals surface area contributed by atoms with Gasteiger partial charge in [0.05, 0.1) is 29.4 Å². The van der Waals surface area contributed by atoms with Gasteiger partial charge < -0.3 is 4.74 Å². The Morgan fingerprint density at radius 2 is 1.67 bits per heavy atom. The largest absolute Gasteiger partial charge is 0.379 e. The van der Waals surface area contributed by atoms with Crippen LogP contribution in [-0.2, 0) is 14.3 Å². The van der Waals surface area contributed by atoms with Gasteiger partial charge in [0.1, 0.15) is 0 Å². The molecule has 1 aromatic heterocycles. The monoisotopic (exact) mass is 482 g/mol. The van der Waals surface area contributed by atoms with Crippen molar-refractivity contribution >= 4 is 30.4 Å². The van der Waals surface area contributed by atoms with Crippen molar-refractivity contribution in [2.45, 2.75) is 77.3 Å². The first-order chi connectivity index (χ1) is 15.3. The number of nitrogens with one attached hydrogen (secondary N) is 1. The minimum atomic E-state index is -1.05. The van der Waals surface area contributed by atoms with E-state index < -0.39 is 22.9 Å². The highest BCUT2D eigenvalue weighted by atomic mass is 32.1. The number of amides is 2. The molecule has 0 bridgehead atoms. The first-order valence-corrected chi connectivity index (χ1v) is 11.9. The van der Waals surface area contributed by atoms with Gasteiger partial charge in [0.15, 0.2) is 0 Å². The van der Waals surface area contributed by atoms with Crippen molar-refractivity contribution in [1.82, 2.24) is 19.9 Å². The molecule has 1 heterocycles. The fourth-order valence-corrected chi connectivity index (χ4v) is 4.13. The normalized spacial score (nSPS) is 15.8. The van der Waals surface area contributed by atoms with Gasteiger partial charge >= 0.3 is 0 Å². The van der Waals surface area contributed by atoms with Crippen molar-refractivity contribution in [3.8, 4) is 0 Å². The zero-order valence-corrected chi connectivity index (χ0v) is 22.4. The average molecular weight is 483 g/mol. The number of thiol groups is 1. The summed E-state index contributed by atoms with van der Waals surface area (Å²) in [6.45, 7) is 11.3. The molecule has 188 valence electrons. The number of carbonyl (C=O) groups is 3. The first-order valence-electron chi connectivity index (χ1n) is 11.5. The Bertz CT molecular complexity index is 766. The SMILES string of the molecule is CC[C@H](C)[C@@H]([C@@H](CC(=O)n1cccc1)OC)N(NC(=O)[C@H](C(C)C)N(C)C)C(=O)C(C)(C)S. The highest BCUT2D eigenvalue weighted by Crippen LogP contribution is 2.26. The van der Waals surface area contributed by atoms with Crippen LogP contribution in [-0.4, -0.2) is 76.3 Å². The van der Waals surface area contributed by atoms with Crippen LogP contribution in [0, 0.1) is 11.8 Å². The minimum Gasteiger partial charge on any atom is -0.379 e. The maximum atomic E-state index is 13.5. The summed E-state index contributed by atoms with van der Waals surface area (Å²) in [7, 11) is 5.19. The number of hydrogen-bond acceptors (Lipinski definition) is 6. The summed E-state index contributed by atoms with van der Waals surface area (Å²) in [5.74, 6) is -0.847. The Labute approximate surface area is 204 Å². The van der Waals surface area contributed by atoms with E-state index in [-0.39, 0.29) is 36.0 Å². The van der Waals surface area contributed by atoms with Crippen molar-refractivity contribution in [3.63, 3.8) is 0 Å². The zero-order chi connectivity index (χ0) is 25.5. The summed E-state index contributed by atoms with van der Waals surface area (Å²) < 4.78 is 6.22. The summed E-state index contributed by atoms with van der Waals surface area (Å²) in [6, 6.07) is 2.54. The number of ether oxygens (including phenoxy) is 1. The summed E-state index contributed by atoms with van der Waals surface area (Å²) in [5.41, 5.74) is 2.88. The fraction of sp³-hybridized carbons (Fsp3) is 0.708. The predicted molar refractivity (Wildman–Crippen MR) is 134 cm³/mol. The number of hydrogen-bond donors (Lipinski definition) is 2. The smallest absolute Gasteiger partial charge is 0.256 e. The third-order valence-electron chi connectivity index (χ3n) is 5.91. The Kier molecular flexibility index (Phi) is 11.1. The molecule has 0 saturated carbocycles. The lowest BCUT2D eigenvalue weighted by atomic mass is 9.90. The molecule has 1 aromatic rings. The van der Waals surface area contributed by atoms with E-state index in [1.165, 1.54) is 16.7 Å². The van der Waals surface area contributed by atoms with Gasteiger partial charge in [-0.3, -0.25) is 29.3 Å². The van der Waals surface area contributed by atoms with Crippen LogP contribution in [0.15, 0.2) is 24.5 Å². The summed E-state index contributed by atoms with van der Waals surface area (Å²) >= 11 is 4.49. The standard InChI is InChI=1S/C24H42N4O4S/c1-10-17(4)21(18(32-9)15-19(29)27-13-11-12-14-27)28(23(31)24(5,6)33)25-22(30)20(16(2)3)26(7)8/h11-14,16-18,20-21,33H,10,15H2,1-9H3,(H,25,30)/t17-,18+,20-,21-/m0/s1. The van der Waals surface area contributed by atoms with Crippen LogP contribution in [0.25, 0.3) is 0 Å². The lowest BCUT2D eigenvalue weighted by Crippen LogP contribution is -2.64. The molecule has 4 atom stereocenters.